The van der Waals surface area contributed by atoms with E-state index in [1.54, 1.807) is 12.4 Å². The predicted octanol–water partition coefficient (Wildman–Crippen LogP) is 4.98. The van der Waals surface area contributed by atoms with Crippen molar-refractivity contribution in [1.82, 2.24) is 15.3 Å². The molecule has 32 heavy (non-hydrogen) atoms. The number of piperidine rings is 1. The summed E-state index contributed by atoms with van der Waals surface area (Å²) in [5, 5.41) is 3.21. The fraction of sp³-hybridized carbons (Fsp3) is 0.346. The summed E-state index contributed by atoms with van der Waals surface area (Å²) in [5.74, 6) is 2.06. The van der Waals surface area contributed by atoms with Gasteiger partial charge in [-0.3, -0.25) is 4.79 Å². The Hall–Kier alpha value is -3.41. The number of rotatable bonds is 6. The van der Waals surface area contributed by atoms with E-state index in [1.807, 2.05) is 30.3 Å². The number of aryl methyl sites for hydroxylation is 2. The number of amides is 1. The van der Waals surface area contributed by atoms with Crippen LogP contribution >= 0.6 is 0 Å². The Bertz CT molecular complexity index is 1060. The second-order valence-corrected chi connectivity index (χ2v) is 8.45. The van der Waals surface area contributed by atoms with Gasteiger partial charge < -0.3 is 15.0 Å². The van der Waals surface area contributed by atoms with Crippen molar-refractivity contribution in [3.63, 3.8) is 0 Å². The van der Waals surface area contributed by atoms with Crippen LogP contribution < -0.4 is 15.0 Å². The van der Waals surface area contributed by atoms with Crippen molar-refractivity contribution in [3.8, 4) is 11.6 Å². The minimum atomic E-state index is -0.00741. The van der Waals surface area contributed by atoms with Gasteiger partial charge in [0, 0.05) is 31.4 Å². The Morgan fingerprint density at radius 3 is 2.50 bits per heavy atom. The van der Waals surface area contributed by atoms with Gasteiger partial charge in [-0.15, -0.1) is 0 Å². The van der Waals surface area contributed by atoms with Gasteiger partial charge in [-0.1, -0.05) is 42.0 Å². The summed E-state index contributed by atoms with van der Waals surface area (Å²) in [6.45, 7) is 7.71. The Morgan fingerprint density at radius 1 is 1.06 bits per heavy atom. The SMILES string of the molecule is Cc1ccc([C@@H](C)NC(=O)C2CCN(c3nccnc3Oc3ccccc3)CC2)c(C)c1. The molecule has 1 N–H and O–H groups in total. The Labute approximate surface area is 189 Å². The van der Waals surface area contributed by atoms with Gasteiger partial charge in [-0.05, 0) is 56.9 Å². The first kappa shape index (κ1) is 21.8. The Morgan fingerprint density at radius 2 is 1.78 bits per heavy atom. The molecular weight excluding hydrogens is 400 g/mol. The molecule has 0 radical (unpaired) electrons. The van der Waals surface area contributed by atoms with Crippen LogP contribution in [0.1, 0.15) is 42.5 Å². The molecule has 1 fully saturated rings. The average Bonchev–Trinajstić information content (AvgIpc) is 2.80. The van der Waals surface area contributed by atoms with Crippen LogP contribution in [0.25, 0.3) is 0 Å². The highest BCUT2D eigenvalue weighted by atomic mass is 16.5. The quantitative estimate of drug-likeness (QED) is 0.597. The third-order valence-electron chi connectivity index (χ3n) is 6.02. The van der Waals surface area contributed by atoms with Crippen molar-refractivity contribution in [2.45, 2.75) is 39.7 Å². The summed E-state index contributed by atoms with van der Waals surface area (Å²) in [6, 6.07) is 15.9. The lowest BCUT2D eigenvalue weighted by atomic mass is 9.94. The first-order chi connectivity index (χ1) is 15.5. The van der Waals surface area contributed by atoms with Gasteiger partial charge in [-0.25, -0.2) is 9.97 Å². The monoisotopic (exact) mass is 430 g/mol. The van der Waals surface area contributed by atoms with Crippen LogP contribution in [0.2, 0.25) is 0 Å². The number of hydrogen-bond donors (Lipinski definition) is 1. The third-order valence-corrected chi connectivity index (χ3v) is 6.02. The molecule has 2 heterocycles. The second-order valence-electron chi connectivity index (χ2n) is 8.45. The maximum Gasteiger partial charge on any atom is 0.263 e. The number of aromatic nitrogens is 2. The molecule has 1 aromatic heterocycles. The van der Waals surface area contributed by atoms with Crippen molar-refractivity contribution in [2.75, 3.05) is 18.0 Å². The van der Waals surface area contributed by atoms with Gasteiger partial charge in [0.05, 0.1) is 6.04 Å². The summed E-state index contributed by atoms with van der Waals surface area (Å²) in [5.41, 5.74) is 3.61. The summed E-state index contributed by atoms with van der Waals surface area (Å²) in [6.07, 6.45) is 4.85. The number of nitrogens with one attached hydrogen (secondary N) is 1. The normalized spacial score (nSPS) is 15.3. The van der Waals surface area contributed by atoms with E-state index in [4.69, 9.17) is 4.74 Å². The Balaban J connectivity index is 1.37. The molecule has 0 bridgehead atoms. The number of para-hydroxylation sites is 1. The van der Waals surface area contributed by atoms with Crippen molar-refractivity contribution in [3.05, 3.63) is 77.6 Å². The van der Waals surface area contributed by atoms with Gasteiger partial charge in [0.1, 0.15) is 5.75 Å². The van der Waals surface area contributed by atoms with Crippen LogP contribution in [-0.2, 0) is 4.79 Å². The van der Waals surface area contributed by atoms with E-state index in [1.165, 1.54) is 16.7 Å². The van der Waals surface area contributed by atoms with Crippen LogP contribution in [0, 0.1) is 19.8 Å². The average molecular weight is 431 g/mol. The number of hydrogen-bond acceptors (Lipinski definition) is 5. The highest BCUT2D eigenvalue weighted by molar-refractivity contribution is 5.79. The minimum Gasteiger partial charge on any atom is -0.436 e. The zero-order valence-corrected chi connectivity index (χ0v) is 18.9. The molecule has 166 valence electrons. The van der Waals surface area contributed by atoms with E-state index in [-0.39, 0.29) is 17.9 Å². The number of anilines is 1. The van der Waals surface area contributed by atoms with Crippen LogP contribution in [0.3, 0.4) is 0 Å². The maximum absolute atomic E-state index is 12.9. The Kier molecular flexibility index (Phi) is 6.69. The second kappa shape index (κ2) is 9.81. The van der Waals surface area contributed by atoms with Crippen LogP contribution in [0.5, 0.6) is 11.6 Å². The fourth-order valence-corrected chi connectivity index (χ4v) is 4.28. The van der Waals surface area contributed by atoms with E-state index < -0.39 is 0 Å². The van der Waals surface area contributed by atoms with Gasteiger partial charge in [0.25, 0.3) is 5.88 Å². The minimum absolute atomic E-state index is 0.00498. The summed E-state index contributed by atoms with van der Waals surface area (Å²) in [7, 11) is 0. The van der Waals surface area contributed by atoms with Gasteiger partial charge in [0.15, 0.2) is 5.82 Å². The topological polar surface area (TPSA) is 67.4 Å². The summed E-state index contributed by atoms with van der Waals surface area (Å²) in [4.78, 5) is 24.0. The molecular formula is C26H30N4O2. The van der Waals surface area contributed by atoms with Crippen molar-refractivity contribution >= 4 is 11.7 Å². The summed E-state index contributed by atoms with van der Waals surface area (Å²) >= 11 is 0. The molecule has 1 saturated heterocycles. The van der Waals surface area contributed by atoms with Gasteiger partial charge in [-0.2, -0.15) is 0 Å². The molecule has 0 saturated carbocycles. The van der Waals surface area contributed by atoms with Gasteiger partial charge in [0.2, 0.25) is 5.91 Å². The van der Waals surface area contributed by atoms with Crippen molar-refractivity contribution in [1.29, 1.82) is 0 Å². The van der Waals surface area contributed by atoms with E-state index in [0.29, 0.717) is 5.88 Å². The fourth-order valence-electron chi connectivity index (χ4n) is 4.28. The lowest BCUT2D eigenvalue weighted by Crippen LogP contribution is -2.41. The zero-order valence-electron chi connectivity index (χ0n) is 18.9. The van der Waals surface area contributed by atoms with E-state index in [0.717, 1.165) is 37.5 Å². The molecule has 1 aliphatic heterocycles. The van der Waals surface area contributed by atoms with Crippen molar-refractivity contribution in [2.24, 2.45) is 5.92 Å². The summed E-state index contributed by atoms with van der Waals surface area (Å²) < 4.78 is 5.96. The number of ether oxygens (including phenoxy) is 1. The first-order valence-electron chi connectivity index (χ1n) is 11.2. The molecule has 3 aromatic rings. The van der Waals surface area contributed by atoms with Crippen LogP contribution in [0.4, 0.5) is 5.82 Å². The van der Waals surface area contributed by atoms with E-state index in [2.05, 4.69) is 59.2 Å². The highest BCUT2D eigenvalue weighted by Crippen LogP contribution is 2.31. The standard InChI is InChI=1S/C26H30N4O2/c1-18-9-10-23(19(2)17-18)20(3)29-25(31)21-11-15-30(16-12-21)24-26(28-14-13-27-24)32-22-7-5-4-6-8-22/h4-10,13-14,17,20-21H,11-12,15-16H2,1-3H3,(H,29,31)/t20-/m1/s1. The van der Waals surface area contributed by atoms with Crippen LogP contribution in [0.15, 0.2) is 60.9 Å². The highest BCUT2D eigenvalue weighted by Gasteiger charge is 2.28. The number of benzene rings is 2. The molecule has 6 nitrogen and oxygen atoms in total. The molecule has 0 unspecified atom stereocenters. The molecule has 2 aromatic carbocycles. The molecule has 6 heteroatoms. The molecule has 0 spiro atoms. The zero-order chi connectivity index (χ0) is 22.5. The first-order valence-corrected chi connectivity index (χ1v) is 11.2. The maximum atomic E-state index is 12.9. The number of carbonyl (C=O) groups is 1. The lowest BCUT2D eigenvalue weighted by Gasteiger charge is -2.33. The molecule has 4 rings (SSSR count). The molecule has 0 aliphatic carbocycles. The smallest absolute Gasteiger partial charge is 0.263 e. The largest absolute Gasteiger partial charge is 0.436 e. The molecule has 1 atom stereocenters. The van der Waals surface area contributed by atoms with E-state index >= 15 is 0 Å². The molecule has 1 amide bonds. The van der Waals surface area contributed by atoms with Crippen LogP contribution in [-0.4, -0.2) is 29.0 Å². The lowest BCUT2D eigenvalue weighted by molar-refractivity contribution is -0.126. The number of nitrogens with zero attached hydrogens (tertiary/aromatic N) is 3. The van der Waals surface area contributed by atoms with E-state index in [9.17, 15) is 4.79 Å². The van der Waals surface area contributed by atoms with Gasteiger partial charge >= 0.3 is 0 Å². The third kappa shape index (κ3) is 5.07. The predicted molar refractivity (Wildman–Crippen MR) is 126 cm³/mol. The number of carbonyl (C=O) groups excluding carboxylic acids is 1. The van der Waals surface area contributed by atoms with Crippen molar-refractivity contribution < 1.29 is 9.53 Å². The molecule has 1 aliphatic rings.